The third kappa shape index (κ3) is 6.72. The van der Waals surface area contributed by atoms with Crippen molar-refractivity contribution in [3.63, 3.8) is 0 Å². The van der Waals surface area contributed by atoms with Crippen LogP contribution in [-0.4, -0.2) is 36.9 Å². The standard InChI is InChI=1S/C22H23NO5/c1-3-21(25)28-15-16(2)23-20(24)13-14-27-19-11-9-18(10-12-19)22(26)17-7-5-4-6-8-17/h3-12,16H,1,13-15H2,2H3,(H,23,24). The summed E-state index contributed by atoms with van der Waals surface area (Å²) in [5.74, 6) is -0.223. The summed E-state index contributed by atoms with van der Waals surface area (Å²) >= 11 is 0. The Hall–Kier alpha value is -3.41. The first-order valence-corrected chi connectivity index (χ1v) is 8.90. The summed E-state index contributed by atoms with van der Waals surface area (Å²) in [6.45, 7) is 5.30. The van der Waals surface area contributed by atoms with Gasteiger partial charge in [-0.3, -0.25) is 9.59 Å². The Morgan fingerprint density at radius 3 is 2.32 bits per heavy atom. The van der Waals surface area contributed by atoms with Gasteiger partial charge in [-0.2, -0.15) is 0 Å². The lowest BCUT2D eigenvalue weighted by molar-refractivity contribution is -0.139. The topological polar surface area (TPSA) is 81.7 Å². The molecule has 6 nitrogen and oxygen atoms in total. The van der Waals surface area contributed by atoms with E-state index in [4.69, 9.17) is 9.47 Å². The smallest absolute Gasteiger partial charge is 0.330 e. The number of ether oxygens (including phenoxy) is 2. The Labute approximate surface area is 164 Å². The molecule has 28 heavy (non-hydrogen) atoms. The van der Waals surface area contributed by atoms with Crippen LogP contribution in [0.1, 0.15) is 29.3 Å². The van der Waals surface area contributed by atoms with Crippen LogP contribution in [0.2, 0.25) is 0 Å². The van der Waals surface area contributed by atoms with Gasteiger partial charge in [-0.15, -0.1) is 0 Å². The van der Waals surface area contributed by atoms with Gasteiger partial charge in [0.25, 0.3) is 0 Å². The average molecular weight is 381 g/mol. The van der Waals surface area contributed by atoms with E-state index in [0.717, 1.165) is 6.08 Å². The van der Waals surface area contributed by atoms with E-state index < -0.39 is 5.97 Å². The zero-order valence-corrected chi connectivity index (χ0v) is 15.7. The van der Waals surface area contributed by atoms with Gasteiger partial charge in [0.05, 0.1) is 19.1 Å². The van der Waals surface area contributed by atoms with Gasteiger partial charge in [0.15, 0.2) is 5.78 Å². The number of rotatable bonds is 10. The second-order valence-corrected chi connectivity index (χ2v) is 6.12. The maximum absolute atomic E-state index is 12.3. The largest absolute Gasteiger partial charge is 0.493 e. The summed E-state index contributed by atoms with van der Waals surface area (Å²) in [6, 6.07) is 15.5. The van der Waals surface area contributed by atoms with Gasteiger partial charge in [-0.05, 0) is 31.2 Å². The summed E-state index contributed by atoms with van der Waals surface area (Å²) in [4.78, 5) is 35.2. The van der Waals surface area contributed by atoms with E-state index in [0.29, 0.717) is 16.9 Å². The zero-order chi connectivity index (χ0) is 20.4. The predicted octanol–water partition coefficient (Wildman–Crippen LogP) is 2.92. The highest BCUT2D eigenvalue weighted by atomic mass is 16.5. The quantitative estimate of drug-likeness (QED) is 0.389. The lowest BCUT2D eigenvalue weighted by Crippen LogP contribution is -2.37. The minimum Gasteiger partial charge on any atom is -0.493 e. The average Bonchev–Trinajstić information content (AvgIpc) is 2.72. The first-order chi connectivity index (χ1) is 13.5. The molecule has 0 aliphatic heterocycles. The van der Waals surface area contributed by atoms with Crippen LogP contribution in [0, 0.1) is 0 Å². The van der Waals surface area contributed by atoms with Gasteiger partial charge in [0.1, 0.15) is 12.4 Å². The molecule has 1 unspecified atom stereocenters. The minimum absolute atomic E-state index is 0.0577. The molecule has 0 bridgehead atoms. The molecule has 0 spiro atoms. The fourth-order valence-electron chi connectivity index (χ4n) is 2.38. The number of amides is 1. The van der Waals surface area contributed by atoms with Crippen LogP contribution < -0.4 is 10.1 Å². The number of ketones is 1. The van der Waals surface area contributed by atoms with Crippen molar-refractivity contribution in [2.45, 2.75) is 19.4 Å². The third-order valence-corrected chi connectivity index (χ3v) is 3.80. The fraction of sp³-hybridized carbons (Fsp3) is 0.227. The van der Waals surface area contributed by atoms with E-state index in [-0.39, 0.29) is 37.4 Å². The van der Waals surface area contributed by atoms with Crippen molar-refractivity contribution >= 4 is 17.7 Å². The SMILES string of the molecule is C=CC(=O)OCC(C)NC(=O)CCOc1ccc(C(=O)c2ccccc2)cc1. The predicted molar refractivity (Wildman–Crippen MR) is 105 cm³/mol. The van der Waals surface area contributed by atoms with Crippen LogP contribution in [0.5, 0.6) is 5.75 Å². The molecule has 1 atom stereocenters. The molecule has 0 aromatic heterocycles. The summed E-state index contributed by atoms with van der Waals surface area (Å²) in [7, 11) is 0. The monoisotopic (exact) mass is 381 g/mol. The van der Waals surface area contributed by atoms with Crippen LogP contribution in [0.15, 0.2) is 67.3 Å². The molecule has 2 rings (SSSR count). The number of hydrogen-bond donors (Lipinski definition) is 1. The van der Waals surface area contributed by atoms with E-state index in [9.17, 15) is 14.4 Å². The lowest BCUT2D eigenvalue weighted by atomic mass is 10.0. The van der Waals surface area contributed by atoms with Gasteiger partial charge in [-0.25, -0.2) is 4.79 Å². The van der Waals surface area contributed by atoms with E-state index in [1.54, 1.807) is 43.3 Å². The number of carbonyl (C=O) groups excluding carboxylic acids is 3. The van der Waals surface area contributed by atoms with Crippen molar-refractivity contribution in [3.8, 4) is 5.75 Å². The molecule has 0 fully saturated rings. The molecule has 1 N–H and O–H groups in total. The first kappa shape index (κ1) is 20.9. The molecule has 0 aliphatic rings. The molecule has 0 saturated carbocycles. The molecular weight excluding hydrogens is 358 g/mol. The van der Waals surface area contributed by atoms with Crippen LogP contribution in [0.3, 0.4) is 0 Å². The van der Waals surface area contributed by atoms with Crippen molar-refractivity contribution in [2.75, 3.05) is 13.2 Å². The highest BCUT2D eigenvalue weighted by Crippen LogP contribution is 2.15. The summed E-state index contributed by atoms with van der Waals surface area (Å²) < 4.78 is 10.4. The van der Waals surface area contributed by atoms with Gasteiger partial charge in [-0.1, -0.05) is 36.9 Å². The normalized spacial score (nSPS) is 11.2. The Morgan fingerprint density at radius 2 is 1.68 bits per heavy atom. The van der Waals surface area contributed by atoms with E-state index in [1.807, 2.05) is 18.2 Å². The highest BCUT2D eigenvalue weighted by molar-refractivity contribution is 6.08. The summed E-state index contributed by atoms with van der Waals surface area (Å²) in [5, 5.41) is 2.71. The zero-order valence-electron chi connectivity index (χ0n) is 15.7. The van der Waals surface area contributed by atoms with Gasteiger partial charge >= 0.3 is 5.97 Å². The number of esters is 1. The maximum atomic E-state index is 12.3. The molecule has 6 heteroatoms. The van der Waals surface area contributed by atoms with Gasteiger partial charge < -0.3 is 14.8 Å². The molecule has 0 aliphatic carbocycles. The Morgan fingerprint density at radius 1 is 1.04 bits per heavy atom. The number of nitrogens with one attached hydrogen (secondary N) is 1. The third-order valence-electron chi connectivity index (χ3n) is 3.80. The molecule has 1 amide bonds. The molecule has 146 valence electrons. The van der Waals surface area contributed by atoms with E-state index >= 15 is 0 Å². The number of hydrogen-bond acceptors (Lipinski definition) is 5. The highest BCUT2D eigenvalue weighted by Gasteiger charge is 2.10. The number of benzene rings is 2. The molecule has 0 heterocycles. The maximum Gasteiger partial charge on any atom is 0.330 e. The van der Waals surface area contributed by atoms with Crippen molar-refractivity contribution < 1.29 is 23.9 Å². The van der Waals surface area contributed by atoms with Crippen LogP contribution >= 0.6 is 0 Å². The van der Waals surface area contributed by atoms with Crippen LogP contribution in [0.4, 0.5) is 0 Å². The molecule has 0 radical (unpaired) electrons. The van der Waals surface area contributed by atoms with Crippen molar-refractivity contribution in [1.82, 2.24) is 5.32 Å². The van der Waals surface area contributed by atoms with E-state index in [2.05, 4.69) is 11.9 Å². The summed E-state index contributed by atoms with van der Waals surface area (Å²) in [6.07, 6.45) is 1.23. The minimum atomic E-state index is -0.529. The number of carbonyl (C=O) groups is 3. The Kier molecular flexibility index (Phi) is 7.96. The fourth-order valence-corrected chi connectivity index (χ4v) is 2.38. The Bertz CT molecular complexity index is 815. The van der Waals surface area contributed by atoms with Crippen LogP contribution in [0.25, 0.3) is 0 Å². The van der Waals surface area contributed by atoms with Crippen LogP contribution in [-0.2, 0) is 14.3 Å². The van der Waals surface area contributed by atoms with Crippen molar-refractivity contribution in [2.24, 2.45) is 0 Å². The van der Waals surface area contributed by atoms with Gasteiger partial charge in [0, 0.05) is 17.2 Å². The molecule has 2 aromatic carbocycles. The molecule has 0 saturated heterocycles. The van der Waals surface area contributed by atoms with Gasteiger partial charge in [0.2, 0.25) is 5.91 Å². The lowest BCUT2D eigenvalue weighted by Gasteiger charge is -2.14. The Balaban J connectivity index is 1.74. The second-order valence-electron chi connectivity index (χ2n) is 6.12. The molecular formula is C22H23NO5. The molecule has 2 aromatic rings. The first-order valence-electron chi connectivity index (χ1n) is 8.90. The summed E-state index contributed by atoms with van der Waals surface area (Å²) in [5.41, 5.74) is 1.19. The van der Waals surface area contributed by atoms with E-state index in [1.165, 1.54) is 0 Å². The van der Waals surface area contributed by atoms with Crippen molar-refractivity contribution in [3.05, 3.63) is 78.4 Å². The van der Waals surface area contributed by atoms with Crippen molar-refractivity contribution in [1.29, 1.82) is 0 Å². The second kappa shape index (κ2) is 10.7.